The first kappa shape index (κ1) is 18.3. The van der Waals surface area contributed by atoms with Gasteiger partial charge in [0.25, 0.3) is 0 Å². The van der Waals surface area contributed by atoms with Gasteiger partial charge in [-0.15, -0.1) is 0 Å². The lowest BCUT2D eigenvalue weighted by atomic mass is 9.87. The summed E-state index contributed by atoms with van der Waals surface area (Å²) in [6.07, 6.45) is 2.28. The van der Waals surface area contributed by atoms with E-state index in [4.69, 9.17) is 4.74 Å². The summed E-state index contributed by atoms with van der Waals surface area (Å²) in [4.78, 5) is 12.4. The van der Waals surface area contributed by atoms with Gasteiger partial charge >= 0.3 is 0 Å². The van der Waals surface area contributed by atoms with Crippen molar-refractivity contribution in [3.8, 4) is 11.4 Å². The summed E-state index contributed by atoms with van der Waals surface area (Å²) in [6, 6.07) is 16.2. The SMILES string of the molecule is Cc1ccc(-n2ncc3c2NC(=O)C[C@H]3c2ccc(OCC(C)C)cc2)cc1. The molecule has 2 heterocycles. The second kappa shape index (κ2) is 7.50. The molecule has 0 unspecified atom stereocenters. The zero-order valence-electron chi connectivity index (χ0n) is 16.5. The van der Waals surface area contributed by atoms with Crippen LogP contribution in [0.2, 0.25) is 0 Å². The molecule has 1 aromatic heterocycles. The van der Waals surface area contributed by atoms with Crippen LogP contribution in [0, 0.1) is 12.8 Å². The topological polar surface area (TPSA) is 56.2 Å². The number of carbonyl (C=O) groups excluding carboxylic acids is 1. The molecule has 5 heteroatoms. The number of hydrogen-bond acceptors (Lipinski definition) is 3. The van der Waals surface area contributed by atoms with Gasteiger partial charge in [-0.2, -0.15) is 5.10 Å². The van der Waals surface area contributed by atoms with E-state index in [1.807, 2.05) is 54.7 Å². The number of nitrogens with one attached hydrogen (secondary N) is 1. The van der Waals surface area contributed by atoms with Gasteiger partial charge in [-0.1, -0.05) is 43.7 Å². The number of anilines is 1. The summed E-state index contributed by atoms with van der Waals surface area (Å²) >= 11 is 0. The number of nitrogens with zero attached hydrogens (tertiary/aromatic N) is 2. The molecule has 0 saturated heterocycles. The van der Waals surface area contributed by atoms with E-state index in [-0.39, 0.29) is 11.8 Å². The summed E-state index contributed by atoms with van der Waals surface area (Å²) in [7, 11) is 0. The third-order valence-corrected chi connectivity index (χ3v) is 4.96. The first-order valence-corrected chi connectivity index (χ1v) is 9.69. The van der Waals surface area contributed by atoms with Gasteiger partial charge in [0.2, 0.25) is 5.91 Å². The van der Waals surface area contributed by atoms with Gasteiger partial charge in [-0.05, 0) is 42.7 Å². The fraction of sp³-hybridized carbons (Fsp3) is 0.304. The fourth-order valence-corrected chi connectivity index (χ4v) is 3.46. The van der Waals surface area contributed by atoms with Gasteiger partial charge in [0.05, 0.1) is 18.5 Å². The number of amides is 1. The molecule has 1 atom stereocenters. The minimum atomic E-state index is -0.0119. The maximum atomic E-state index is 12.4. The molecule has 0 spiro atoms. The summed E-state index contributed by atoms with van der Waals surface area (Å²) in [5.41, 5.74) is 4.25. The first-order chi connectivity index (χ1) is 13.5. The number of aromatic nitrogens is 2. The molecular formula is C23H25N3O2. The molecule has 144 valence electrons. The zero-order chi connectivity index (χ0) is 19.7. The number of ether oxygens (including phenoxy) is 1. The van der Waals surface area contributed by atoms with Gasteiger partial charge in [0.1, 0.15) is 11.6 Å². The average Bonchev–Trinajstić information content (AvgIpc) is 3.10. The Hall–Kier alpha value is -3.08. The fourth-order valence-electron chi connectivity index (χ4n) is 3.46. The highest BCUT2D eigenvalue weighted by Crippen LogP contribution is 2.38. The van der Waals surface area contributed by atoms with Crippen LogP contribution in [-0.4, -0.2) is 22.3 Å². The summed E-state index contributed by atoms with van der Waals surface area (Å²) in [5, 5.41) is 7.55. The standard InChI is InChI=1S/C23H25N3O2/c1-15(2)14-28-19-10-6-17(7-11-19)20-12-22(27)25-23-21(20)13-24-26(23)18-8-4-16(3)5-9-18/h4-11,13,15,20H,12,14H2,1-3H3,(H,25,27)/t20-/m0/s1. The van der Waals surface area contributed by atoms with Crippen molar-refractivity contribution in [2.75, 3.05) is 11.9 Å². The average molecular weight is 375 g/mol. The van der Waals surface area contributed by atoms with Crippen molar-refractivity contribution in [2.24, 2.45) is 5.92 Å². The quantitative estimate of drug-likeness (QED) is 0.704. The lowest BCUT2D eigenvalue weighted by molar-refractivity contribution is -0.116. The van der Waals surface area contributed by atoms with Gasteiger partial charge in [0.15, 0.2) is 0 Å². The molecule has 0 fully saturated rings. The second-order valence-corrected chi connectivity index (χ2v) is 7.77. The van der Waals surface area contributed by atoms with E-state index in [0.29, 0.717) is 18.9 Å². The number of fused-ring (bicyclic) bond motifs is 1. The highest BCUT2D eigenvalue weighted by atomic mass is 16.5. The van der Waals surface area contributed by atoms with Crippen molar-refractivity contribution >= 4 is 11.7 Å². The molecule has 0 radical (unpaired) electrons. The van der Waals surface area contributed by atoms with Crippen molar-refractivity contribution in [2.45, 2.75) is 33.1 Å². The molecule has 0 saturated carbocycles. The molecule has 0 bridgehead atoms. The minimum absolute atomic E-state index is 0.00601. The third-order valence-electron chi connectivity index (χ3n) is 4.96. The smallest absolute Gasteiger partial charge is 0.226 e. The van der Waals surface area contributed by atoms with Crippen LogP contribution in [0.4, 0.5) is 5.82 Å². The number of hydrogen-bond donors (Lipinski definition) is 1. The monoisotopic (exact) mass is 375 g/mol. The van der Waals surface area contributed by atoms with Gasteiger partial charge in [-0.3, -0.25) is 4.79 Å². The Morgan fingerprint density at radius 3 is 2.54 bits per heavy atom. The Bertz CT molecular complexity index is 972. The van der Waals surface area contributed by atoms with Gasteiger partial charge < -0.3 is 10.1 Å². The van der Waals surface area contributed by atoms with Crippen molar-refractivity contribution < 1.29 is 9.53 Å². The molecule has 0 aliphatic carbocycles. The minimum Gasteiger partial charge on any atom is -0.493 e. The molecule has 3 aromatic rings. The van der Waals surface area contributed by atoms with E-state index >= 15 is 0 Å². The zero-order valence-corrected chi connectivity index (χ0v) is 16.5. The van der Waals surface area contributed by atoms with Crippen LogP contribution in [0.3, 0.4) is 0 Å². The van der Waals surface area contributed by atoms with Gasteiger partial charge in [0, 0.05) is 17.9 Å². The number of benzene rings is 2. The van der Waals surface area contributed by atoms with Crippen molar-refractivity contribution in [1.82, 2.24) is 9.78 Å². The second-order valence-electron chi connectivity index (χ2n) is 7.77. The van der Waals surface area contributed by atoms with E-state index in [9.17, 15) is 4.79 Å². The Balaban J connectivity index is 1.64. The van der Waals surface area contributed by atoms with Crippen LogP contribution in [-0.2, 0) is 4.79 Å². The van der Waals surface area contributed by atoms with Crippen molar-refractivity contribution in [3.05, 3.63) is 71.4 Å². The number of rotatable bonds is 5. The molecule has 1 aliphatic rings. The highest BCUT2D eigenvalue weighted by molar-refractivity contribution is 5.94. The Labute approximate surface area is 165 Å². The number of aryl methyl sites for hydroxylation is 1. The largest absolute Gasteiger partial charge is 0.493 e. The summed E-state index contributed by atoms with van der Waals surface area (Å²) in [6.45, 7) is 7.00. The molecule has 5 nitrogen and oxygen atoms in total. The lowest BCUT2D eigenvalue weighted by Gasteiger charge is -2.24. The molecular weight excluding hydrogens is 350 g/mol. The normalized spacial score (nSPS) is 16.0. The molecule has 2 aromatic carbocycles. The van der Waals surface area contributed by atoms with Crippen LogP contribution in [0.25, 0.3) is 5.69 Å². The van der Waals surface area contributed by atoms with E-state index in [2.05, 4.69) is 31.2 Å². The highest BCUT2D eigenvalue weighted by Gasteiger charge is 2.30. The third kappa shape index (κ3) is 3.65. The Kier molecular flexibility index (Phi) is 4.90. The van der Waals surface area contributed by atoms with E-state index in [0.717, 1.165) is 28.4 Å². The molecule has 4 rings (SSSR count). The Morgan fingerprint density at radius 2 is 1.86 bits per heavy atom. The van der Waals surface area contributed by atoms with E-state index in [1.165, 1.54) is 5.56 Å². The molecule has 1 N–H and O–H groups in total. The van der Waals surface area contributed by atoms with Crippen LogP contribution >= 0.6 is 0 Å². The maximum absolute atomic E-state index is 12.4. The molecule has 1 aliphatic heterocycles. The maximum Gasteiger partial charge on any atom is 0.226 e. The van der Waals surface area contributed by atoms with Crippen LogP contribution in [0.15, 0.2) is 54.7 Å². The Morgan fingerprint density at radius 1 is 1.14 bits per heavy atom. The van der Waals surface area contributed by atoms with Crippen molar-refractivity contribution in [1.29, 1.82) is 0 Å². The van der Waals surface area contributed by atoms with Gasteiger partial charge in [-0.25, -0.2) is 4.68 Å². The first-order valence-electron chi connectivity index (χ1n) is 9.69. The predicted molar refractivity (Wildman–Crippen MR) is 110 cm³/mol. The van der Waals surface area contributed by atoms with E-state index < -0.39 is 0 Å². The van der Waals surface area contributed by atoms with Crippen molar-refractivity contribution in [3.63, 3.8) is 0 Å². The van der Waals surface area contributed by atoms with Crippen LogP contribution < -0.4 is 10.1 Å². The van der Waals surface area contributed by atoms with Crippen LogP contribution in [0.5, 0.6) is 5.75 Å². The molecule has 28 heavy (non-hydrogen) atoms. The summed E-state index contributed by atoms with van der Waals surface area (Å²) < 4.78 is 7.58. The number of carbonyl (C=O) groups is 1. The van der Waals surface area contributed by atoms with Crippen LogP contribution in [0.1, 0.15) is 42.9 Å². The molecule has 1 amide bonds. The lowest BCUT2D eigenvalue weighted by Crippen LogP contribution is -2.24. The van der Waals surface area contributed by atoms with E-state index in [1.54, 1.807) is 4.68 Å². The summed E-state index contributed by atoms with van der Waals surface area (Å²) in [5.74, 6) is 2.09. The predicted octanol–water partition coefficient (Wildman–Crippen LogP) is 4.69.